The first-order chi connectivity index (χ1) is 11.5. The minimum absolute atomic E-state index is 0.126. The number of aromatic nitrogens is 2. The Balaban J connectivity index is 1.64. The summed E-state index contributed by atoms with van der Waals surface area (Å²) in [6.07, 6.45) is 3.85. The number of fused-ring (bicyclic) bond motifs is 1. The molecule has 1 aromatic heterocycles. The standard InChI is InChI=1S/C17H17F2N3O2/c18-12-5-6-13(14(19)10-12)17(24)20-7-8-22-16(23)9-11-3-1-2-4-15(11)21-22/h5-6,9-10H,1-4,7-8H2,(H,20,24). The predicted octanol–water partition coefficient (Wildman–Crippen LogP) is 1.83. The minimum atomic E-state index is -0.920. The van der Waals surface area contributed by atoms with Crippen molar-refractivity contribution in [1.82, 2.24) is 15.1 Å². The molecule has 7 heteroatoms. The predicted molar refractivity (Wildman–Crippen MR) is 83.8 cm³/mol. The molecule has 0 spiro atoms. The van der Waals surface area contributed by atoms with Gasteiger partial charge in [0.15, 0.2) is 0 Å². The number of aryl methyl sites for hydroxylation is 2. The maximum Gasteiger partial charge on any atom is 0.267 e. The zero-order chi connectivity index (χ0) is 17.1. The van der Waals surface area contributed by atoms with E-state index in [2.05, 4.69) is 10.4 Å². The van der Waals surface area contributed by atoms with E-state index in [0.717, 1.165) is 49.1 Å². The summed E-state index contributed by atoms with van der Waals surface area (Å²) in [5.41, 5.74) is 1.48. The molecule has 5 nitrogen and oxygen atoms in total. The van der Waals surface area contributed by atoms with Gasteiger partial charge in [-0.05, 0) is 43.4 Å². The summed E-state index contributed by atoms with van der Waals surface area (Å²) < 4.78 is 27.7. The Morgan fingerprint density at radius 1 is 1.21 bits per heavy atom. The van der Waals surface area contributed by atoms with Crippen molar-refractivity contribution in [3.05, 3.63) is 63.1 Å². The fourth-order valence-electron chi connectivity index (χ4n) is 2.81. The summed E-state index contributed by atoms with van der Waals surface area (Å²) in [7, 11) is 0. The zero-order valence-electron chi connectivity index (χ0n) is 13.0. The molecule has 1 amide bonds. The number of rotatable bonds is 4. The third kappa shape index (κ3) is 3.50. The van der Waals surface area contributed by atoms with Crippen molar-refractivity contribution >= 4 is 5.91 Å². The fraction of sp³-hybridized carbons (Fsp3) is 0.353. The van der Waals surface area contributed by atoms with Crippen LogP contribution in [0.2, 0.25) is 0 Å². The van der Waals surface area contributed by atoms with Gasteiger partial charge in [-0.25, -0.2) is 13.5 Å². The van der Waals surface area contributed by atoms with Crippen molar-refractivity contribution in [3.8, 4) is 0 Å². The highest BCUT2D eigenvalue weighted by Gasteiger charge is 2.14. The van der Waals surface area contributed by atoms with Crippen molar-refractivity contribution in [2.75, 3.05) is 6.54 Å². The third-order valence-electron chi connectivity index (χ3n) is 4.06. The third-order valence-corrected chi connectivity index (χ3v) is 4.06. The number of carbonyl (C=O) groups excluding carboxylic acids is 1. The Labute approximate surface area is 137 Å². The topological polar surface area (TPSA) is 64.0 Å². The molecule has 0 radical (unpaired) electrons. The van der Waals surface area contributed by atoms with Gasteiger partial charge < -0.3 is 5.32 Å². The number of halogens is 2. The van der Waals surface area contributed by atoms with Gasteiger partial charge in [-0.2, -0.15) is 5.10 Å². The minimum Gasteiger partial charge on any atom is -0.350 e. The average molecular weight is 333 g/mol. The monoisotopic (exact) mass is 333 g/mol. The van der Waals surface area contributed by atoms with E-state index in [-0.39, 0.29) is 24.2 Å². The summed E-state index contributed by atoms with van der Waals surface area (Å²) in [6.45, 7) is 0.321. The quantitative estimate of drug-likeness (QED) is 0.928. The maximum absolute atomic E-state index is 13.5. The lowest BCUT2D eigenvalue weighted by atomic mass is 9.97. The highest BCUT2D eigenvalue weighted by molar-refractivity contribution is 5.94. The molecule has 1 heterocycles. The second-order valence-electron chi connectivity index (χ2n) is 5.76. The van der Waals surface area contributed by atoms with Gasteiger partial charge in [-0.1, -0.05) is 0 Å². The van der Waals surface area contributed by atoms with E-state index < -0.39 is 17.5 Å². The number of hydrogen-bond acceptors (Lipinski definition) is 3. The molecule has 24 heavy (non-hydrogen) atoms. The second kappa shape index (κ2) is 6.90. The number of hydrogen-bond donors (Lipinski definition) is 1. The largest absolute Gasteiger partial charge is 0.350 e. The van der Waals surface area contributed by atoms with Crippen LogP contribution in [0, 0.1) is 11.6 Å². The molecule has 1 aliphatic carbocycles. The number of nitrogens with zero attached hydrogens (tertiary/aromatic N) is 2. The van der Waals surface area contributed by atoms with Crippen LogP contribution in [-0.2, 0) is 19.4 Å². The summed E-state index contributed by atoms with van der Waals surface area (Å²) in [5.74, 6) is -2.32. The maximum atomic E-state index is 13.5. The van der Waals surface area contributed by atoms with Gasteiger partial charge in [-0.3, -0.25) is 9.59 Å². The first kappa shape index (κ1) is 16.3. The van der Waals surface area contributed by atoms with E-state index in [1.807, 2.05) is 0 Å². The second-order valence-corrected chi connectivity index (χ2v) is 5.76. The fourth-order valence-corrected chi connectivity index (χ4v) is 2.81. The number of carbonyl (C=O) groups is 1. The van der Waals surface area contributed by atoms with Gasteiger partial charge in [0, 0.05) is 18.7 Å². The van der Waals surface area contributed by atoms with Crippen LogP contribution < -0.4 is 10.9 Å². The van der Waals surface area contributed by atoms with E-state index >= 15 is 0 Å². The molecule has 3 rings (SSSR count). The summed E-state index contributed by atoms with van der Waals surface area (Å²) in [4.78, 5) is 23.9. The van der Waals surface area contributed by atoms with Gasteiger partial charge in [0.05, 0.1) is 17.8 Å². The van der Waals surface area contributed by atoms with Crippen LogP contribution in [0.5, 0.6) is 0 Å². The molecule has 0 unspecified atom stereocenters. The molecule has 0 bridgehead atoms. The summed E-state index contributed by atoms with van der Waals surface area (Å²) in [5, 5.41) is 6.85. The van der Waals surface area contributed by atoms with Crippen molar-refractivity contribution in [2.45, 2.75) is 32.2 Å². The summed E-state index contributed by atoms with van der Waals surface area (Å²) >= 11 is 0. The van der Waals surface area contributed by atoms with Gasteiger partial charge in [0.2, 0.25) is 0 Å². The zero-order valence-corrected chi connectivity index (χ0v) is 13.0. The van der Waals surface area contributed by atoms with E-state index in [4.69, 9.17) is 0 Å². The van der Waals surface area contributed by atoms with E-state index in [1.54, 1.807) is 6.07 Å². The number of amides is 1. The Morgan fingerprint density at radius 2 is 2.00 bits per heavy atom. The Hall–Kier alpha value is -2.57. The van der Waals surface area contributed by atoms with Crippen molar-refractivity contribution in [2.24, 2.45) is 0 Å². The molecule has 0 saturated heterocycles. The molecule has 0 saturated carbocycles. The van der Waals surface area contributed by atoms with Crippen molar-refractivity contribution in [3.63, 3.8) is 0 Å². The molecule has 0 aliphatic heterocycles. The van der Waals surface area contributed by atoms with Crippen LogP contribution in [0.15, 0.2) is 29.1 Å². The van der Waals surface area contributed by atoms with Crippen LogP contribution in [0.1, 0.15) is 34.5 Å². The van der Waals surface area contributed by atoms with Crippen LogP contribution in [0.25, 0.3) is 0 Å². The smallest absolute Gasteiger partial charge is 0.267 e. The van der Waals surface area contributed by atoms with Crippen LogP contribution >= 0.6 is 0 Å². The van der Waals surface area contributed by atoms with Crippen LogP contribution in [0.4, 0.5) is 8.78 Å². The van der Waals surface area contributed by atoms with E-state index in [0.29, 0.717) is 6.07 Å². The number of nitrogens with one attached hydrogen (secondary N) is 1. The molecule has 0 atom stereocenters. The van der Waals surface area contributed by atoms with Crippen LogP contribution in [-0.4, -0.2) is 22.2 Å². The highest BCUT2D eigenvalue weighted by Crippen LogP contribution is 2.16. The van der Waals surface area contributed by atoms with Gasteiger partial charge in [0.25, 0.3) is 11.5 Å². The summed E-state index contributed by atoms with van der Waals surface area (Å²) in [6, 6.07) is 4.37. The first-order valence-corrected chi connectivity index (χ1v) is 7.88. The van der Waals surface area contributed by atoms with Crippen molar-refractivity contribution < 1.29 is 13.6 Å². The molecule has 0 fully saturated rings. The first-order valence-electron chi connectivity index (χ1n) is 7.88. The Bertz CT molecular complexity index is 833. The van der Waals surface area contributed by atoms with Crippen molar-refractivity contribution in [1.29, 1.82) is 0 Å². The molecule has 1 aliphatic rings. The molecule has 126 valence electrons. The van der Waals surface area contributed by atoms with Gasteiger partial charge in [0.1, 0.15) is 11.6 Å². The number of benzene rings is 1. The Morgan fingerprint density at radius 3 is 2.79 bits per heavy atom. The van der Waals surface area contributed by atoms with E-state index in [9.17, 15) is 18.4 Å². The molecular weight excluding hydrogens is 316 g/mol. The molecule has 2 aromatic rings. The highest BCUT2D eigenvalue weighted by atomic mass is 19.1. The molecule has 1 aromatic carbocycles. The Kier molecular flexibility index (Phi) is 4.69. The lowest BCUT2D eigenvalue weighted by Crippen LogP contribution is -2.33. The molecular formula is C17H17F2N3O2. The lowest BCUT2D eigenvalue weighted by Gasteiger charge is -2.16. The SMILES string of the molecule is O=C(NCCn1nc2c(cc1=O)CCCC2)c1ccc(F)cc1F. The molecule has 1 N–H and O–H groups in total. The van der Waals surface area contributed by atoms with E-state index in [1.165, 1.54) is 4.68 Å². The van der Waals surface area contributed by atoms with Gasteiger partial charge in [-0.15, -0.1) is 0 Å². The normalized spacial score (nSPS) is 13.4. The lowest BCUT2D eigenvalue weighted by molar-refractivity contribution is 0.0947. The van der Waals surface area contributed by atoms with Crippen LogP contribution in [0.3, 0.4) is 0 Å². The average Bonchev–Trinajstić information content (AvgIpc) is 2.55. The van der Waals surface area contributed by atoms with Gasteiger partial charge >= 0.3 is 0 Å².